The molecular weight excluding hydrogens is 485 g/mol. The van der Waals surface area contributed by atoms with Gasteiger partial charge in [-0.1, -0.05) is 0 Å². The number of carbonyl (C=O) groups excluding carboxylic acids is 1. The molecule has 2 aliphatic rings. The van der Waals surface area contributed by atoms with Crippen molar-refractivity contribution in [3.63, 3.8) is 0 Å². The summed E-state index contributed by atoms with van der Waals surface area (Å²) in [5.41, 5.74) is 0.550. The van der Waals surface area contributed by atoms with Gasteiger partial charge in [0.15, 0.2) is 0 Å². The Morgan fingerprint density at radius 1 is 1.34 bits per heavy atom. The summed E-state index contributed by atoms with van der Waals surface area (Å²) in [5, 5.41) is 19.8. The number of hydrogen-bond acceptors (Lipinski definition) is 5. The molecular formula is C22H34INO5. The number of halogens is 1. The quantitative estimate of drug-likeness (QED) is 0.446. The number of alkyl halides is 2. The summed E-state index contributed by atoms with van der Waals surface area (Å²) in [6, 6.07) is 6.00. The van der Waals surface area contributed by atoms with Crippen LogP contribution in [0.25, 0.3) is 0 Å². The van der Waals surface area contributed by atoms with Crippen molar-refractivity contribution in [3.8, 4) is 11.5 Å². The molecule has 0 spiro atoms. The minimum atomic E-state index is -1.49. The summed E-state index contributed by atoms with van der Waals surface area (Å²) >= 11 is -1.49. The van der Waals surface area contributed by atoms with Crippen molar-refractivity contribution in [2.45, 2.75) is 45.6 Å². The van der Waals surface area contributed by atoms with Gasteiger partial charge in [-0.15, -0.1) is 0 Å². The molecule has 2 saturated heterocycles. The Kier molecular flexibility index (Phi) is 7.32. The summed E-state index contributed by atoms with van der Waals surface area (Å²) in [6.07, 6.45) is 1.90. The van der Waals surface area contributed by atoms with E-state index in [1.165, 1.54) is 21.7 Å². The van der Waals surface area contributed by atoms with E-state index in [-0.39, 0.29) is 11.8 Å². The third-order valence-electron chi connectivity index (χ3n) is 6.58. The predicted molar refractivity (Wildman–Crippen MR) is 122 cm³/mol. The van der Waals surface area contributed by atoms with Crippen LogP contribution >= 0.6 is 20.2 Å². The van der Waals surface area contributed by atoms with Gasteiger partial charge in [-0.3, -0.25) is 0 Å². The first-order chi connectivity index (χ1) is 13.8. The average molecular weight is 519 g/mol. The van der Waals surface area contributed by atoms with E-state index in [9.17, 15) is 15.0 Å². The first-order valence-electron chi connectivity index (χ1n) is 10.3. The third-order valence-corrected chi connectivity index (χ3v) is 11.3. The molecule has 0 aromatic heterocycles. The van der Waals surface area contributed by atoms with Crippen LogP contribution < -0.4 is 7.80 Å². The Hall–Kier alpha value is -1.06. The number of hydrogen-bond donors (Lipinski definition) is 2. The maximum atomic E-state index is 12.1. The van der Waals surface area contributed by atoms with Gasteiger partial charge in [0.2, 0.25) is 0 Å². The summed E-state index contributed by atoms with van der Waals surface area (Å²) < 4.78 is 14.5. The zero-order valence-corrected chi connectivity index (χ0v) is 20.0. The number of rotatable bonds is 6. The molecule has 0 bridgehead atoms. The SMILES string of the molecule is COc1ccc([C@@H]2CN(C(=O)CO)C[C@@]2(C)[C@@H](C)O)cc1OI1CCC(C)CC1. The second-order valence-corrected chi connectivity index (χ2v) is 13.5. The van der Waals surface area contributed by atoms with Crippen molar-refractivity contribution in [1.82, 2.24) is 4.90 Å². The molecule has 0 unspecified atom stereocenters. The number of carbonyl (C=O) groups is 1. The van der Waals surface area contributed by atoms with Crippen LogP contribution in [0.2, 0.25) is 0 Å². The molecule has 7 heteroatoms. The molecule has 2 fully saturated rings. The van der Waals surface area contributed by atoms with Crippen LogP contribution in [0.4, 0.5) is 0 Å². The Labute approximate surface area is 181 Å². The molecule has 1 aromatic rings. The summed E-state index contributed by atoms with van der Waals surface area (Å²) in [5.74, 6) is 1.99. The molecule has 0 aliphatic carbocycles. The van der Waals surface area contributed by atoms with Crippen molar-refractivity contribution in [1.29, 1.82) is 0 Å². The van der Waals surface area contributed by atoms with Crippen molar-refractivity contribution < 1.29 is 22.8 Å². The second-order valence-electron chi connectivity index (χ2n) is 8.62. The molecule has 29 heavy (non-hydrogen) atoms. The summed E-state index contributed by atoms with van der Waals surface area (Å²) in [4.78, 5) is 13.8. The summed E-state index contributed by atoms with van der Waals surface area (Å²) in [7, 11) is 1.66. The Morgan fingerprint density at radius 3 is 2.62 bits per heavy atom. The van der Waals surface area contributed by atoms with Crippen molar-refractivity contribution in [2.75, 3.05) is 35.7 Å². The van der Waals surface area contributed by atoms with Crippen LogP contribution in [0.15, 0.2) is 18.2 Å². The van der Waals surface area contributed by atoms with Crippen LogP contribution in [0.3, 0.4) is 0 Å². The number of amides is 1. The van der Waals surface area contributed by atoms with Crippen LogP contribution in [0.5, 0.6) is 11.5 Å². The molecule has 1 aromatic carbocycles. The van der Waals surface area contributed by atoms with E-state index in [0.29, 0.717) is 13.1 Å². The fourth-order valence-corrected chi connectivity index (χ4v) is 9.74. The van der Waals surface area contributed by atoms with Gasteiger partial charge in [0.05, 0.1) is 0 Å². The van der Waals surface area contributed by atoms with E-state index in [4.69, 9.17) is 7.80 Å². The number of benzene rings is 1. The molecule has 2 aliphatic heterocycles. The molecule has 1 amide bonds. The Bertz CT molecular complexity index is 719. The van der Waals surface area contributed by atoms with Gasteiger partial charge in [0, 0.05) is 0 Å². The van der Waals surface area contributed by atoms with Gasteiger partial charge in [-0.25, -0.2) is 0 Å². The Morgan fingerprint density at radius 2 is 2.03 bits per heavy atom. The fourth-order valence-electron chi connectivity index (χ4n) is 4.23. The van der Waals surface area contributed by atoms with Crippen LogP contribution in [0, 0.1) is 11.3 Å². The van der Waals surface area contributed by atoms with E-state index in [0.717, 1.165) is 23.0 Å². The van der Waals surface area contributed by atoms with Gasteiger partial charge in [0.25, 0.3) is 0 Å². The standard InChI is InChI=1S/C22H34INO5/c1-15-7-9-23(10-8-15)29-20-11-17(5-6-19(20)28-4)18-12-24(21(27)13-25)14-22(18,3)16(2)26/h5-6,11,15-16,18,25-26H,7-10,12-14H2,1-4H3/t16-,18+,22+/m1/s1. The third kappa shape index (κ3) is 4.82. The van der Waals surface area contributed by atoms with Crippen LogP contribution in [0.1, 0.15) is 45.1 Å². The van der Waals surface area contributed by atoms with Crippen LogP contribution in [-0.4, -0.2) is 62.8 Å². The molecule has 164 valence electrons. The molecule has 0 saturated carbocycles. The normalized spacial score (nSPS) is 27.7. The monoisotopic (exact) mass is 519 g/mol. The Balaban J connectivity index is 1.87. The number of aliphatic hydroxyl groups is 2. The van der Waals surface area contributed by atoms with Gasteiger partial charge in [-0.2, -0.15) is 0 Å². The molecule has 6 nitrogen and oxygen atoms in total. The van der Waals surface area contributed by atoms with Crippen molar-refractivity contribution >= 4 is 26.1 Å². The number of likely N-dealkylation sites (tertiary alicyclic amines) is 1. The molecule has 3 atom stereocenters. The number of nitrogens with zero attached hydrogens (tertiary/aromatic N) is 1. The van der Waals surface area contributed by atoms with Crippen LogP contribution in [-0.2, 0) is 4.79 Å². The van der Waals surface area contributed by atoms with E-state index >= 15 is 0 Å². The minimum absolute atomic E-state index is 0.0403. The number of aliphatic hydroxyl groups excluding tert-OH is 2. The second kappa shape index (κ2) is 9.39. The van der Waals surface area contributed by atoms with E-state index in [1.807, 2.05) is 25.1 Å². The zero-order valence-electron chi connectivity index (χ0n) is 17.9. The first kappa shape index (κ1) is 22.6. The van der Waals surface area contributed by atoms with E-state index < -0.39 is 38.4 Å². The van der Waals surface area contributed by atoms with Gasteiger partial charge >= 0.3 is 182 Å². The van der Waals surface area contributed by atoms with E-state index in [2.05, 4.69) is 6.92 Å². The molecule has 2 N–H and O–H groups in total. The van der Waals surface area contributed by atoms with Crippen molar-refractivity contribution in [2.24, 2.45) is 11.3 Å². The first-order valence-corrected chi connectivity index (χ1v) is 14.3. The maximum absolute atomic E-state index is 12.1. The molecule has 0 radical (unpaired) electrons. The molecule has 3 rings (SSSR count). The summed E-state index contributed by atoms with van der Waals surface area (Å²) in [6.45, 7) is 6.49. The molecule has 2 heterocycles. The van der Waals surface area contributed by atoms with Gasteiger partial charge in [-0.05, 0) is 0 Å². The topological polar surface area (TPSA) is 79.2 Å². The van der Waals surface area contributed by atoms with E-state index in [1.54, 1.807) is 18.9 Å². The van der Waals surface area contributed by atoms with Gasteiger partial charge in [0.1, 0.15) is 0 Å². The average Bonchev–Trinajstić information content (AvgIpc) is 3.08. The van der Waals surface area contributed by atoms with Gasteiger partial charge < -0.3 is 0 Å². The number of ether oxygens (including phenoxy) is 1. The van der Waals surface area contributed by atoms with Crippen molar-refractivity contribution in [3.05, 3.63) is 23.8 Å². The zero-order chi connectivity index (χ0) is 21.2. The fraction of sp³-hybridized carbons (Fsp3) is 0.682. The number of methoxy groups -OCH3 is 1. The predicted octanol–water partition coefficient (Wildman–Crippen LogP) is 3.23.